The lowest BCUT2D eigenvalue weighted by atomic mass is 10.1. The van der Waals surface area contributed by atoms with Gasteiger partial charge in [0.15, 0.2) is 5.65 Å². The van der Waals surface area contributed by atoms with Crippen molar-refractivity contribution in [2.45, 2.75) is 6.54 Å². The maximum absolute atomic E-state index is 13.7. The molecular weight excluding hydrogens is 231 g/mol. The number of halogens is 1. The highest BCUT2D eigenvalue weighted by atomic mass is 19.1. The van der Waals surface area contributed by atoms with Crippen LogP contribution in [0.25, 0.3) is 16.9 Å². The fourth-order valence-corrected chi connectivity index (χ4v) is 1.84. The molecule has 0 unspecified atom stereocenters. The quantitative estimate of drug-likeness (QED) is 0.747. The fraction of sp³-hybridized carbons (Fsp3) is 0.0769. The molecule has 0 saturated heterocycles. The van der Waals surface area contributed by atoms with Crippen molar-refractivity contribution in [3.63, 3.8) is 0 Å². The van der Waals surface area contributed by atoms with Crippen molar-refractivity contribution in [3.05, 3.63) is 54.1 Å². The van der Waals surface area contributed by atoms with Crippen LogP contribution < -0.4 is 5.73 Å². The second-order valence-electron chi connectivity index (χ2n) is 3.94. The topological polar surface area (TPSA) is 56.2 Å². The van der Waals surface area contributed by atoms with E-state index < -0.39 is 0 Å². The Kier molecular flexibility index (Phi) is 2.53. The summed E-state index contributed by atoms with van der Waals surface area (Å²) in [5.41, 5.74) is 8.03. The number of nitrogens with zero attached hydrogens (tertiary/aromatic N) is 3. The largest absolute Gasteiger partial charge is 0.325 e. The van der Waals surface area contributed by atoms with Gasteiger partial charge < -0.3 is 5.73 Å². The van der Waals surface area contributed by atoms with Crippen LogP contribution in [0.4, 0.5) is 4.39 Å². The first-order valence-electron chi connectivity index (χ1n) is 5.58. The Balaban J connectivity index is 2.16. The third-order valence-electron chi connectivity index (χ3n) is 2.73. The zero-order chi connectivity index (χ0) is 12.5. The van der Waals surface area contributed by atoms with Crippen LogP contribution in [0.2, 0.25) is 0 Å². The number of nitrogens with two attached hydrogens (primary N) is 1. The molecule has 0 aliphatic heterocycles. The summed E-state index contributed by atoms with van der Waals surface area (Å²) in [6.07, 6.45) is 1.75. The van der Waals surface area contributed by atoms with Crippen molar-refractivity contribution in [1.82, 2.24) is 14.6 Å². The predicted octanol–water partition coefficient (Wildman–Crippen LogP) is 1.99. The van der Waals surface area contributed by atoms with Gasteiger partial charge >= 0.3 is 0 Å². The first-order valence-corrected chi connectivity index (χ1v) is 5.58. The summed E-state index contributed by atoms with van der Waals surface area (Å²) in [5, 5.41) is 4.33. The minimum atomic E-state index is -0.288. The summed E-state index contributed by atoms with van der Waals surface area (Å²) in [5.74, 6) is -0.288. The van der Waals surface area contributed by atoms with E-state index in [2.05, 4.69) is 10.1 Å². The lowest BCUT2D eigenvalue weighted by molar-refractivity contribution is 0.630. The molecule has 0 fully saturated rings. The molecule has 2 heterocycles. The molecule has 3 rings (SSSR count). The second kappa shape index (κ2) is 4.19. The second-order valence-corrected chi connectivity index (χ2v) is 3.94. The maximum atomic E-state index is 13.7. The molecule has 0 bridgehead atoms. The number of benzene rings is 1. The monoisotopic (exact) mass is 242 g/mol. The van der Waals surface area contributed by atoms with Crippen molar-refractivity contribution in [2.75, 3.05) is 0 Å². The van der Waals surface area contributed by atoms with Crippen LogP contribution in [0.1, 0.15) is 5.69 Å². The molecule has 2 N–H and O–H groups in total. The highest BCUT2D eigenvalue weighted by Gasteiger charge is 2.07. The number of aromatic nitrogens is 3. The van der Waals surface area contributed by atoms with Crippen molar-refractivity contribution in [3.8, 4) is 11.3 Å². The molecule has 1 aromatic carbocycles. The van der Waals surface area contributed by atoms with E-state index >= 15 is 0 Å². The molecule has 0 saturated carbocycles. The van der Waals surface area contributed by atoms with Crippen molar-refractivity contribution in [2.24, 2.45) is 5.73 Å². The first-order chi connectivity index (χ1) is 8.78. The highest BCUT2D eigenvalue weighted by Crippen LogP contribution is 2.20. The van der Waals surface area contributed by atoms with E-state index in [1.165, 1.54) is 6.07 Å². The van der Waals surface area contributed by atoms with Crippen LogP contribution in [0.15, 0.2) is 42.6 Å². The average Bonchev–Trinajstić information content (AvgIpc) is 2.81. The third-order valence-corrected chi connectivity index (χ3v) is 2.73. The molecule has 5 heteroatoms. The van der Waals surface area contributed by atoms with Gasteiger partial charge in [-0.05, 0) is 24.3 Å². The van der Waals surface area contributed by atoms with Crippen LogP contribution in [-0.2, 0) is 6.54 Å². The molecule has 3 aromatic rings. The van der Waals surface area contributed by atoms with E-state index in [0.717, 1.165) is 5.69 Å². The zero-order valence-electron chi connectivity index (χ0n) is 9.55. The summed E-state index contributed by atoms with van der Waals surface area (Å²) < 4.78 is 15.3. The van der Waals surface area contributed by atoms with E-state index in [9.17, 15) is 4.39 Å². The molecule has 90 valence electrons. The average molecular weight is 242 g/mol. The fourth-order valence-electron chi connectivity index (χ4n) is 1.84. The van der Waals surface area contributed by atoms with Gasteiger partial charge in [-0.25, -0.2) is 13.9 Å². The van der Waals surface area contributed by atoms with E-state index in [0.29, 0.717) is 23.4 Å². The summed E-state index contributed by atoms with van der Waals surface area (Å²) in [6.45, 7) is 0.360. The van der Waals surface area contributed by atoms with E-state index in [-0.39, 0.29) is 5.82 Å². The highest BCUT2D eigenvalue weighted by molar-refractivity contribution is 5.60. The smallest absolute Gasteiger partial charge is 0.153 e. The molecule has 0 aliphatic carbocycles. The van der Waals surface area contributed by atoms with Gasteiger partial charge in [0.2, 0.25) is 0 Å². The summed E-state index contributed by atoms with van der Waals surface area (Å²) in [4.78, 5) is 4.27. The number of rotatable bonds is 2. The normalized spacial score (nSPS) is 11.0. The van der Waals surface area contributed by atoms with E-state index in [1.807, 2.05) is 0 Å². The van der Waals surface area contributed by atoms with Crippen LogP contribution in [0, 0.1) is 5.82 Å². The lowest BCUT2D eigenvalue weighted by Crippen LogP contribution is -1.95. The van der Waals surface area contributed by atoms with Gasteiger partial charge in [-0.2, -0.15) is 5.10 Å². The Hall–Kier alpha value is -2.27. The van der Waals surface area contributed by atoms with Gasteiger partial charge in [-0.1, -0.05) is 12.1 Å². The molecule has 0 atom stereocenters. The SMILES string of the molecule is NCc1cn2nc(-c3ccccc3F)ccc2n1. The number of fused-ring (bicyclic) bond motifs is 1. The Morgan fingerprint density at radius 2 is 2.00 bits per heavy atom. The van der Waals surface area contributed by atoms with Gasteiger partial charge in [0.05, 0.1) is 17.6 Å². The van der Waals surface area contributed by atoms with Crippen LogP contribution >= 0.6 is 0 Å². The first kappa shape index (κ1) is 10.9. The molecule has 0 spiro atoms. The lowest BCUT2D eigenvalue weighted by Gasteiger charge is -2.02. The van der Waals surface area contributed by atoms with Gasteiger partial charge in [0.25, 0.3) is 0 Å². The zero-order valence-corrected chi connectivity index (χ0v) is 9.55. The van der Waals surface area contributed by atoms with Gasteiger partial charge in [0, 0.05) is 12.1 Å². The number of hydrogen-bond donors (Lipinski definition) is 1. The Morgan fingerprint density at radius 3 is 2.78 bits per heavy atom. The molecule has 0 radical (unpaired) electrons. The minimum absolute atomic E-state index is 0.288. The summed E-state index contributed by atoms with van der Waals surface area (Å²) in [6, 6.07) is 10.1. The van der Waals surface area contributed by atoms with Gasteiger partial charge in [-0.15, -0.1) is 0 Å². The van der Waals surface area contributed by atoms with Gasteiger partial charge in [-0.3, -0.25) is 0 Å². The van der Waals surface area contributed by atoms with Crippen LogP contribution in [-0.4, -0.2) is 14.6 Å². The molecule has 0 aliphatic rings. The van der Waals surface area contributed by atoms with Crippen molar-refractivity contribution in [1.29, 1.82) is 0 Å². The summed E-state index contributed by atoms with van der Waals surface area (Å²) in [7, 11) is 0. The minimum Gasteiger partial charge on any atom is -0.325 e. The molecule has 2 aromatic heterocycles. The Labute approximate surface area is 103 Å². The molecule has 4 nitrogen and oxygen atoms in total. The predicted molar refractivity (Wildman–Crippen MR) is 66.3 cm³/mol. The van der Waals surface area contributed by atoms with Crippen LogP contribution in [0.5, 0.6) is 0 Å². The van der Waals surface area contributed by atoms with Gasteiger partial charge in [0.1, 0.15) is 5.82 Å². The molecule has 18 heavy (non-hydrogen) atoms. The third kappa shape index (κ3) is 1.74. The number of imidazole rings is 1. The van der Waals surface area contributed by atoms with Crippen molar-refractivity contribution >= 4 is 5.65 Å². The van der Waals surface area contributed by atoms with Crippen molar-refractivity contribution < 1.29 is 4.39 Å². The Bertz CT molecular complexity index is 705. The van der Waals surface area contributed by atoms with Crippen LogP contribution in [0.3, 0.4) is 0 Å². The standard InChI is InChI=1S/C13H11FN4/c14-11-4-2-1-3-10(11)12-5-6-13-16-9(7-15)8-18(13)17-12/h1-6,8H,7,15H2. The Morgan fingerprint density at radius 1 is 1.17 bits per heavy atom. The molecular formula is C13H11FN4. The summed E-state index contributed by atoms with van der Waals surface area (Å²) >= 11 is 0. The maximum Gasteiger partial charge on any atom is 0.153 e. The number of hydrogen-bond acceptors (Lipinski definition) is 3. The molecule has 0 amide bonds. The van der Waals surface area contributed by atoms with E-state index in [4.69, 9.17) is 5.73 Å². The van der Waals surface area contributed by atoms with E-state index in [1.54, 1.807) is 41.0 Å².